The van der Waals surface area contributed by atoms with Gasteiger partial charge in [-0.15, -0.1) is 0 Å². The molecule has 0 unspecified atom stereocenters. The van der Waals surface area contributed by atoms with Crippen LogP contribution in [-0.4, -0.2) is 62.1 Å². The molecule has 2 saturated heterocycles. The van der Waals surface area contributed by atoms with Gasteiger partial charge in [0.1, 0.15) is 11.2 Å². The number of rotatable bonds is 4. The quantitative estimate of drug-likeness (QED) is 0.845. The van der Waals surface area contributed by atoms with Crippen LogP contribution in [0.4, 0.5) is 5.95 Å². The van der Waals surface area contributed by atoms with E-state index in [1.807, 2.05) is 11.8 Å². The number of carboxylic acid groups (broad SMARTS) is 1. The number of aromatic amines is 1. The van der Waals surface area contributed by atoms with Crippen molar-refractivity contribution in [3.8, 4) is 0 Å². The van der Waals surface area contributed by atoms with Gasteiger partial charge in [-0.05, 0) is 13.0 Å². The normalized spacial score (nSPS) is 26.7. The van der Waals surface area contributed by atoms with Crippen LogP contribution < -0.4 is 4.90 Å². The Morgan fingerprint density at radius 3 is 2.75 bits per heavy atom. The molecule has 2 aliphatic heterocycles. The standard InChI is InChI=1S/C16H20N6O2/c1-11-5-19-13(20-11)8-21-6-12-7-22(15-17-3-2-4-18-15)10-16(12,9-21)14(23)24/h2-5,12H,6-10H2,1H3,(H,19,20)(H,23,24)/t12-,16-/m0/s1. The second-order valence-electron chi connectivity index (χ2n) is 6.77. The molecule has 4 heterocycles. The van der Waals surface area contributed by atoms with E-state index in [9.17, 15) is 9.90 Å². The largest absolute Gasteiger partial charge is 0.481 e. The lowest BCUT2D eigenvalue weighted by molar-refractivity contribution is -0.148. The van der Waals surface area contributed by atoms with E-state index in [4.69, 9.17) is 0 Å². The maximum absolute atomic E-state index is 12.1. The van der Waals surface area contributed by atoms with Crippen LogP contribution in [0.15, 0.2) is 24.7 Å². The van der Waals surface area contributed by atoms with Gasteiger partial charge in [0.15, 0.2) is 0 Å². The molecule has 0 aromatic carbocycles. The van der Waals surface area contributed by atoms with Crippen molar-refractivity contribution in [2.24, 2.45) is 11.3 Å². The molecule has 2 fully saturated rings. The Balaban J connectivity index is 1.52. The molecule has 0 spiro atoms. The Morgan fingerprint density at radius 2 is 2.12 bits per heavy atom. The highest BCUT2D eigenvalue weighted by Gasteiger charge is 2.58. The highest BCUT2D eigenvalue weighted by Crippen LogP contribution is 2.43. The summed E-state index contributed by atoms with van der Waals surface area (Å²) in [7, 11) is 0. The average molecular weight is 328 g/mol. The zero-order valence-electron chi connectivity index (χ0n) is 13.5. The lowest BCUT2D eigenvalue weighted by Gasteiger charge is -2.25. The van der Waals surface area contributed by atoms with Gasteiger partial charge in [0.2, 0.25) is 5.95 Å². The number of aliphatic carboxylic acids is 1. The second kappa shape index (κ2) is 5.55. The van der Waals surface area contributed by atoms with Gasteiger partial charge in [0.05, 0.1) is 6.54 Å². The molecular weight excluding hydrogens is 308 g/mol. The smallest absolute Gasteiger partial charge is 0.313 e. The number of fused-ring (bicyclic) bond motifs is 1. The van der Waals surface area contributed by atoms with Gasteiger partial charge in [0.25, 0.3) is 0 Å². The summed E-state index contributed by atoms with van der Waals surface area (Å²) in [6.07, 6.45) is 5.18. The molecule has 8 nitrogen and oxygen atoms in total. The van der Waals surface area contributed by atoms with Crippen molar-refractivity contribution >= 4 is 11.9 Å². The van der Waals surface area contributed by atoms with E-state index in [2.05, 4.69) is 24.8 Å². The van der Waals surface area contributed by atoms with E-state index in [1.54, 1.807) is 24.7 Å². The molecule has 0 saturated carbocycles. The lowest BCUT2D eigenvalue weighted by atomic mass is 9.81. The molecule has 2 N–H and O–H groups in total. The fourth-order valence-electron chi connectivity index (χ4n) is 3.96. The molecule has 0 aliphatic carbocycles. The first-order valence-corrected chi connectivity index (χ1v) is 8.05. The number of carbonyl (C=O) groups is 1. The summed E-state index contributed by atoms with van der Waals surface area (Å²) in [5.41, 5.74) is 0.255. The number of nitrogens with zero attached hydrogens (tertiary/aromatic N) is 5. The Morgan fingerprint density at radius 1 is 1.33 bits per heavy atom. The van der Waals surface area contributed by atoms with E-state index < -0.39 is 11.4 Å². The first-order chi connectivity index (χ1) is 11.6. The van der Waals surface area contributed by atoms with E-state index in [1.165, 1.54) is 0 Å². The number of anilines is 1. The summed E-state index contributed by atoms with van der Waals surface area (Å²) < 4.78 is 0. The fraction of sp³-hybridized carbons (Fsp3) is 0.500. The number of carboxylic acids is 1. The van der Waals surface area contributed by atoms with Crippen molar-refractivity contribution < 1.29 is 9.90 Å². The fourth-order valence-corrected chi connectivity index (χ4v) is 3.96. The van der Waals surface area contributed by atoms with Crippen LogP contribution in [0.25, 0.3) is 0 Å². The minimum absolute atomic E-state index is 0.0647. The van der Waals surface area contributed by atoms with Crippen LogP contribution >= 0.6 is 0 Å². The first kappa shape index (κ1) is 15.1. The summed E-state index contributed by atoms with van der Waals surface area (Å²) >= 11 is 0. The number of imidazole rings is 1. The maximum Gasteiger partial charge on any atom is 0.313 e. The van der Waals surface area contributed by atoms with Gasteiger partial charge >= 0.3 is 5.97 Å². The van der Waals surface area contributed by atoms with Crippen molar-refractivity contribution in [3.05, 3.63) is 36.2 Å². The van der Waals surface area contributed by atoms with Gasteiger partial charge in [-0.1, -0.05) is 0 Å². The molecule has 0 amide bonds. The third kappa shape index (κ3) is 2.43. The monoisotopic (exact) mass is 328 g/mol. The Bertz CT molecular complexity index is 748. The van der Waals surface area contributed by atoms with E-state index in [0.29, 0.717) is 32.1 Å². The van der Waals surface area contributed by atoms with Crippen molar-refractivity contribution in [3.63, 3.8) is 0 Å². The van der Waals surface area contributed by atoms with Gasteiger partial charge in [-0.2, -0.15) is 0 Å². The van der Waals surface area contributed by atoms with Crippen LogP contribution in [0.2, 0.25) is 0 Å². The molecule has 2 atom stereocenters. The third-order valence-electron chi connectivity index (χ3n) is 5.07. The summed E-state index contributed by atoms with van der Waals surface area (Å²) in [6.45, 7) is 5.01. The van der Waals surface area contributed by atoms with Crippen LogP contribution in [0.5, 0.6) is 0 Å². The molecule has 24 heavy (non-hydrogen) atoms. The van der Waals surface area contributed by atoms with Crippen LogP contribution in [-0.2, 0) is 11.3 Å². The lowest BCUT2D eigenvalue weighted by Crippen LogP contribution is -2.41. The van der Waals surface area contributed by atoms with Crippen LogP contribution in [0.1, 0.15) is 11.5 Å². The average Bonchev–Trinajstić information content (AvgIpc) is 3.21. The molecule has 126 valence electrons. The summed E-state index contributed by atoms with van der Waals surface area (Å²) in [6, 6.07) is 1.76. The predicted molar refractivity (Wildman–Crippen MR) is 86.4 cm³/mol. The molecule has 2 aromatic heterocycles. The molecular formula is C16H20N6O2. The van der Waals surface area contributed by atoms with Gasteiger partial charge in [-0.25, -0.2) is 15.0 Å². The Hall–Kier alpha value is -2.48. The van der Waals surface area contributed by atoms with E-state index in [0.717, 1.165) is 18.1 Å². The molecule has 2 aromatic rings. The number of hydrogen-bond acceptors (Lipinski definition) is 6. The molecule has 2 aliphatic rings. The minimum atomic E-state index is -0.763. The highest BCUT2D eigenvalue weighted by molar-refractivity contribution is 5.78. The second-order valence-corrected chi connectivity index (χ2v) is 6.77. The topological polar surface area (TPSA) is 98.2 Å². The maximum atomic E-state index is 12.1. The Kier molecular flexibility index (Phi) is 3.49. The van der Waals surface area contributed by atoms with Crippen LogP contribution in [0.3, 0.4) is 0 Å². The number of H-pyrrole nitrogens is 1. The predicted octanol–water partition coefficient (Wildman–Crippen LogP) is 0.531. The third-order valence-corrected chi connectivity index (χ3v) is 5.07. The van der Waals surface area contributed by atoms with Crippen molar-refractivity contribution in [1.29, 1.82) is 0 Å². The van der Waals surface area contributed by atoms with E-state index >= 15 is 0 Å². The van der Waals surface area contributed by atoms with Crippen molar-refractivity contribution in [2.75, 3.05) is 31.1 Å². The number of nitrogens with one attached hydrogen (secondary N) is 1. The Labute approximate surface area is 139 Å². The van der Waals surface area contributed by atoms with Crippen molar-refractivity contribution in [2.45, 2.75) is 13.5 Å². The number of aryl methyl sites for hydroxylation is 1. The highest BCUT2D eigenvalue weighted by atomic mass is 16.4. The van der Waals surface area contributed by atoms with Gasteiger partial charge < -0.3 is 15.0 Å². The zero-order valence-corrected chi connectivity index (χ0v) is 13.5. The first-order valence-electron chi connectivity index (χ1n) is 8.05. The number of aromatic nitrogens is 4. The molecule has 8 heteroatoms. The van der Waals surface area contributed by atoms with Crippen LogP contribution in [0, 0.1) is 18.3 Å². The molecule has 4 rings (SSSR count). The minimum Gasteiger partial charge on any atom is -0.481 e. The number of hydrogen-bond donors (Lipinski definition) is 2. The summed E-state index contributed by atoms with van der Waals surface area (Å²) in [5, 5.41) is 9.91. The van der Waals surface area contributed by atoms with Gasteiger partial charge in [0, 0.05) is 56.4 Å². The summed E-state index contributed by atoms with van der Waals surface area (Å²) in [5.74, 6) is 0.830. The molecule has 0 bridgehead atoms. The zero-order chi connectivity index (χ0) is 16.7. The SMILES string of the molecule is Cc1cnc(CN2C[C@H]3CN(c4ncccn4)C[C@@]3(C(=O)O)C2)[nH]1. The number of likely N-dealkylation sites (tertiary alicyclic amines) is 1. The summed E-state index contributed by atoms with van der Waals surface area (Å²) in [4.78, 5) is 32.3. The van der Waals surface area contributed by atoms with Gasteiger partial charge in [-0.3, -0.25) is 9.69 Å². The van der Waals surface area contributed by atoms with Crippen molar-refractivity contribution in [1.82, 2.24) is 24.8 Å². The van der Waals surface area contributed by atoms with E-state index in [-0.39, 0.29) is 5.92 Å². The molecule has 0 radical (unpaired) electrons.